The van der Waals surface area contributed by atoms with Crippen molar-refractivity contribution in [1.82, 2.24) is 9.97 Å². The number of nitrogens with zero attached hydrogens (tertiary/aromatic N) is 2. The van der Waals surface area contributed by atoms with E-state index in [1.54, 1.807) is 12.4 Å². The number of ether oxygens (including phenoxy) is 1. The van der Waals surface area contributed by atoms with Gasteiger partial charge in [0.2, 0.25) is 0 Å². The molecule has 5 nitrogen and oxygen atoms in total. The molecule has 0 radical (unpaired) electrons. The van der Waals surface area contributed by atoms with Gasteiger partial charge in [-0.25, -0.2) is 0 Å². The second-order valence-corrected chi connectivity index (χ2v) is 4.98. The number of aromatic nitrogens is 2. The molecule has 0 fully saturated rings. The minimum Gasteiger partial charge on any atom is -0.384 e. The number of aliphatic hydroxyl groups excluding tert-OH is 2. The summed E-state index contributed by atoms with van der Waals surface area (Å²) in [4.78, 5) is 8.29. The molecule has 0 spiro atoms. The average molecular weight is 288 g/mol. The first-order valence-electron chi connectivity index (χ1n) is 6.86. The molecule has 2 rings (SSSR count). The van der Waals surface area contributed by atoms with Crippen LogP contribution in [-0.4, -0.2) is 33.4 Å². The molecule has 0 saturated carbocycles. The van der Waals surface area contributed by atoms with Gasteiger partial charge in [0.1, 0.15) is 12.2 Å². The third kappa shape index (κ3) is 4.07. The summed E-state index contributed by atoms with van der Waals surface area (Å²) in [6.45, 7) is 3.94. The first-order valence-corrected chi connectivity index (χ1v) is 6.86. The number of aryl methyl sites for hydroxylation is 2. The fourth-order valence-electron chi connectivity index (χ4n) is 2.14. The largest absolute Gasteiger partial charge is 0.384 e. The summed E-state index contributed by atoms with van der Waals surface area (Å²) in [5.74, 6) is 0. The number of pyridine rings is 2. The average Bonchev–Trinajstić information content (AvgIpc) is 2.48. The number of hydrogen-bond acceptors (Lipinski definition) is 5. The van der Waals surface area contributed by atoms with Gasteiger partial charge in [-0.1, -0.05) is 12.1 Å². The van der Waals surface area contributed by atoms with Gasteiger partial charge in [-0.15, -0.1) is 0 Å². The zero-order chi connectivity index (χ0) is 15.2. The Morgan fingerprint density at radius 1 is 0.905 bits per heavy atom. The van der Waals surface area contributed by atoms with Crippen molar-refractivity contribution in [3.8, 4) is 0 Å². The lowest BCUT2D eigenvalue weighted by atomic mass is 10.1. The molecule has 2 N–H and O–H groups in total. The van der Waals surface area contributed by atoms with Crippen molar-refractivity contribution in [1.29, 1.82) is 0 Å². The fraction of sp³-hybridized carbons (Fsp3) is 0.375. The lowest BCUT2D eigenvalue weighted by molar-refractivity contribution is -0.0117. The SMILES string of the molecule is Cc1cccnc1C(O)COCC(O)c1ncccc1C. The lowest BCUT2D eigenvalue weighted by Gasteiger charge is -2.16. The smallest absolute Gasteiger partial charge is 0.119 e. The highest BCUT2D eigenvalue weighted by molar-refractivity contribution is 5.20. The van der Waals surface area contributed by atoms with E-state index in [4.69, 9.17) is 4.74 Å². The molecule has 0 aliphatic carbocycles. The van der Waals surface area contributed by atoms with Crippen molar-refractivity contribution in [2.24, 2.45) is 0 Å². The van der Waals surface area contributed by atoms with Crippen molar-refractivity contribution in [3.05, 3.63) is 59.2 Å². The van der Waals surface area contributed by atoms with E-state index in [1.807, 2.05) is 38.1 Å². The molecule has 2 aromatic rings. The third-order valence-corrected chi connectivity index (χ3v) is 3.28. The quantitative estimate of drug-likeness (QED) is 0.849. The van der Waals surface area contributed by atoms with Crippen LogP contribution < -0.4 is 0 Å². The molecule has 21 heavy (non-hydrogen) atoms. The lowest BCUT2D eigenvalue weighted by Crippen LogP contribution is -2.15. The Kier molecular flexibility index (Phi) is 5.38. The predicted octanol–water partition coefficient (Wildman–Crippen LogP) is 1.88. The number of hydrogen-bond donors (Lipinski definition) is 2. The Labute approximate surface area is 124 Å². The van der Waals surface area contributed by atoms with Crippen LogP contribution in [0.3, 0.4) is 0 Å². The molecule has 2 unspecified atom stereocenters. The Morgan fingerprint density at radius 2 is 1.33 bits per heavy atom. The van der Waals surface area contributed by atoms with Crippen molar-refractivity contribution >= 4 is 0 Å². The van der Waals surface area contributed by atoms with Crippen molar-refractivity contribution < 1.29 is 14.9 Å². The molecular formula is C16H20N2O3. The van der Waals surface area contributed by atoms with Gasteiger partial charge in [0, 0.05) is 12.4 Å². The van der Waals surface area contributed by atoms with E-state index in [0.717, 1.165) is 11.1 Å². The highest BCUT2D eigenvalue weighted by atomic mass is 16.5. The summed E-state index contributed by atoms with van der Waals surface area (Å²) in [6.07, 6.45) is 1.67. The molecule has 0 bridgehead atoms. The van der Waals surface area contributed by atoms with Gasteiger partial charge < -0.3 is 14.9 Å². The highest BCUT2D eigenvalue weighted by Crippen LogP contribution is 2.17. The van der Waals surface area contributed by atoms with Gasteiger partial charge in [-0.3, -0.25) is 9.97 Å². The standard InChI is InChI=1S/C16H20N2O3/c1-11-5-3-7-17-15(11)13(19)9-21-10-14(20)16-12(2)6-4-8-18-16/h3-8,13-14,19-20H,9-10H2,1-2H3. The van der Waals surface area contributed by atoms with Gasteiger partial charge in [0.25, 0.3) is 0 Å². The van der Waals surface area contributed by atoms with Crippen LogP contribution in [0.25, 0.3) is 0 Å². The Morgan fingerprint density at radius 3 is 1.71 bits per heavy atom. The zero-order valence-electron chi connectivity index (χ0n) is 12.2. The summed E-state index contributed by atoms with van der Waals surface area (Å²) < 4.78 is 5.40. The molecule has 2 atom stereocenters. The predicted molar refractivity (Wildman–Crippen MR) is 78.7 cm³/mol. The van der Waals surface area contributed by atoms with E-state index in [0.29, 0.717) is 11.4 Å². The minimum atomic E-state index is -0.803. The molecule has 2 heterocycles. The fourth-order valence-corrected chi connectivity index (χ4v) is 2.14. The van der Waals surface area contributed by atoms with E-state index in [1.165, 1.54) is 0 Å². The summed E-state index contributed by atoms with van der Waals surface area (Å²) in [6, 6.07) is 7.41. The van der Waals surface area contributed by atoms with Crippen LogP contribution in [0.15, 0.2) is 36.7 Å². The second kappa shape index (κ2) is 7.26. The van der Waals surface area contributed by atoms with Gasteiger partial charge in [-0.2, -0.15) is 0 Å². The van der Waals surface area contributed by atoms with Crippen LogP contribution in [-0.2, 0) is 4.74 Å². The molecule has 0 aromatic carbocycles. The minimum absolute atomic E-state index is 0.0841. The van der Waals surface area contributed by atoms with Crippen molar-refractivity contribution in [3.63, 3.8) is 0 Å². The highest BCUT2D eigenvalue weighted by Gasteiger charge is 2.15. The maximum atomic E-state index is 10.1. The van der Waals surface area contributed by atoms with Crippen LogP contribution >= 0.6 is 0 Å². The first kappa shape index (κ1) is 15.6. The summed E-state index contributed by atoms with van der Waals surface area (Å²) in [5, 5.41) is 20.1. The molecular weight excluding hydrogens is 268 g/mol. The van der Waals surface area contributed by atoms with E-state index in [9.17, 15) is 10.2 Å². The van der Waals surface area contributed by atoms with Crippen LogP contribution in [0.2, 0.25) is 0 Å². The number of aliphatic hydroxyl groups is 2. The summed E-state index contributed by atoms with van der Waals surface area (Å²) in [5.41, 5.74) is 3.02. The van der Waals surface area contributed by atoms with Gasteiger partial charge in [-0.05, 0) is 37.1 Å². The topological polar surface area (TPSA) is 75.5 Å². The van der Waals surface area contributed by atoms with Crippen LogP contribution in [0.4, 0.5) is 0 Å². The third-order valence-electron chi connectivity index (χ3n) is 3.28. The maximum Gasteiger partial charge on any atom is 0.119 e. The Hall–Kier alpha value is -1.82. The molecule has 0 amide bonds. The number of rotatable bonds is 6. The zero-order valence-corrected chi connectivity index (χ0v) is 12.2. The molecule has 0 saturated heterocycles. The van der Waals surface area contributed by atoms with Crippen LogP contribution in [0.5, 0.6) is 0 Å². The van der Waals surface area contributed by atoms with Gasteiger partial charge in [0.15, 0.2) is 0 Å². The summed E-state index contributed by atoms with van der Waals surface area (Å²) in [7, 11) is 0. The molecule has 5 heteroatoms. The van der Waals surface area contributed by atoms with Crippen molar-refractivity contribution in [2.45, 2.75) is 26.1 Å². The molecule has 112 valence electrons. The molecule has 0 aliphatic heterocycles. The van der Waals surface area contributed by atoms with E-state index < -0.39 is 12.2 Å². The summed E-state index contributed by atoms with van der Waals surface area (Å²) >= 11 is 0. The van der Waals surface area contributed by atoms with Gasteiger partial charge in [0.05, 0.1) is 24.6 Å². The first-order chi connectivity index (χ1) is 10.1. The van der Waals surface area contributed by atoms with Crippen LogP contribution in [0.1, 0.15) is 34.7 Å². The normalized spacial score (nSPS) is 13.9. The van der Waals surface area contributed by atoms with Gasteiger partial charge >= 0.3 is 0 Å². The maximum absolute atomic E-state index is 10.1. The molecule has 2 aromatic heterocycles. The Balaban J connectivity index is 1.87. The van der Waals surface area contributed by atoms with E-state index in [-0.39, 0.29) is 13.2 Å². The van der Waals surface area contributed by atoms with E-state index >= 15 is 0 Å². The van der Waals surface area contributed by atoms with E-state index in [2.05, 4.69) is 9.97 Å². The molecule has 0 aliphatic rings. The Bertz CT molecular complexity index is 538. The van der Waals surface area contributed by atoms with Crippen molar-refractivity contribution in [2.75, 3.05) is 13.2 Å². The van der Waals surface area contributed by atoms with Crippen LogP contribution in [0, 0.1) is 13.8 Å². The second-order valence-electron chi connectivity index (χ2n) is 4.98. The monoisotopic (exact) mass is 288 g/mol.